The Balaban J connectivity index is 2.22. The first-order valence-corrected chi connectivity index (χ1v) is 6.91. The number of anilines is 2. The molecule has 106 valence electrons. The average Bonchev–Trinajstić information content (AvgIpc) is 2.39. The first-order chi connectivity index (χ1) is 9.47. The summed E-state index contributed by atoms with van der Waals surface area (Å²) in [7, 11) is 3.86. The molecule has 0 aromatic heterocycles. The summed E-state index contributed by atoms with van der Waals surface area (Å²) in [5, 5.41) is 3.14. The van der Waals surface area contributed by atoms with E-state index in [2.05, 4.69) is 21.2 Å². The van der Waals surface area contributed by atoms with Crippen LogP contribution in [0, 0.1) is 11.6 Å². The van der Waals surface area contributed by atoms with Gasteiger partial charge in [0.25, 0.3) is 0 Å². The predicted octanol–water partition coefficient (Wildman–Crippen LogP) is 4.41. The van der Waals surface area contributed by atoms with Gasteiger partial charge in [0.05, 0.1) is 11.4 Å². The Labute approximate surface area is 125 Å². The van der Waals surface area contributed by atoms with Gasteiger partial charge in [-0.15, -0.1) is 0 Å². The van der Waals surface area contributed by atoms with Gasteiger partial charge in [-0.05, 0) is 36.4 Å². The highest BCUT2D eigenvalue weighted by atomic mass is 79.9. The second-order valence-corrected chi connectivity index (χ2v) is 5.56. The molecular weight excluding hydrogens is 326 g/mol. The number of nitrogens with zero attached hydrogens (tertiary/aromatic N) is 1. The van der Waals surface area contributed by atoms with Crippen molar-refractivity contribution in [3.63, 3.8) is 0 Å². The van der Waals surface area contributed by atoms with Crippen LogP contribution in [0.25, 0.3) is 0 Å². The minimum Gasteiger partial charge on any atom is -0.379 e. The van der Waals surface area contributed by atoms with E-state index in [-0.39, 0.29) is 6.54 Å². The van der Waals surface area contributed by atoms with Gasteiger partial charge in [0, 0.05) is 30.7 Å². The van der Waals surface area contributed by atoms with Crippen molar-refractivity contribution in [1.29, 1.82) is 0 Å². The molecule has 1 N–H and O–H groups in total. The van der Waals surface area contributed by atoms with E-state index in [0.717, 1.165) is 28.0 Å². The highest BCUT2D eigenvalue weighted by Gasteiger charge is 2.08. The molecule has 0 unspecified atom stereocenters. The summed E-state index contributed by atoms with van der Waals surface area (Å²) in [6.07, 6.45) is 0. The van der Waals surface area contributed by atoms with E-state index in [9.17, 15) is 8.78 Å². The summed E-state index contributed by atoms with van der Waals surface area (Å²) in [6, 6.07) is 9.25. The van der Waals surface area contributed by atoms with Crippen LogP contribution in [0.3, 0.4) is 0 Å². The Morgan fingerprint density at radius 3 is 2.55 bits per heavy atom. The molecule has 0 bridgehead atoms. The number of halogens is 3. The highest BCUT2D eigenvalue weighted by Crippen LogP contribution is 2.28. The molecule has 0 aliphatic heterocycles. The average molecular weight is 341 g/mol. The number of hydrogen-bond acceptors (Lipinski definition) is 2. The summed E-state index contributed by atoms with van der Waals surface area (Å²) < 4.78 is 27.6. The summed E-state index contributed by atoms with van der Waals surface area (Å²) in [5.74, 6) is -0.856. The molecule has 2 rings (SSSR count). The Bertz CT molecular complexity index is 615. The van der Waals surface area contributed by atoms with Gasteiger partial charge >= 0.3 is 0 Å². The molecule has 0 heterocycles. The molecular formula is C15H15BrF2N2. The van der Waals surface area contributed by atoms with E-state index in [0.29, 0.717) is 5.56 Å². The van der Waals surface area contributed by atoms with Crippen molar-refractivity contribution >= 4 is 27.3 Å². The van der Waals surface area contributed by atoms with Crippen LogP contribution in [-0.2, 0) is 6.54 Å². The number of nitrogens with one attached hydrogen (secondary N) is 1. The van der Waals surface area contributed by atoms with Crippen LogP contribution in [0.4, 0.5) is 20.2 Å². The molecule has 0 saturated carbocycles. The Morgan fingerprint density at radius 1 is 1.10 bits per heavy atom. The number of benzene rings is 2. The van der Waals surface area contributed by atoms with Gasteiger partial charge in [-0.2, -0.15) is 0 Å². The van der Waals surface area contributed by atoms with Crippen molar-refractivity contribution in [3.8, 4) is 0 Å². The van der Waals surface area contributed by atoms with Crippen molar-refractivity contribution < 1.29 is 8.78 Å². The lowest BCUT2D eigenvalue weighted by atomic mass is 10.2. The van der Waals surface area contributed by atoms with Gasteiger partial charge in [-0.1, -0.05) is 15.9 Å². The molecule has 0 spiro atoms. The summed E-state index contributed by atoms with van der Waals surface area (Å²) in [6.45, 7) is 0.223. The monoisotopic (exact) mass is 340 g/mol. The smallest absolute Gasteiger partial charge is 0.128 e. The zero-order valence-electron chi connectivity index (χ0n) is 11.3. The third-order valence-electron chi connectivity index (χ3n) is 2.92. The van der Waals surface area contributed by atoms with Gasteiger partial charge in [0.1, 0.15) is 11.6 Å². The van der Waals surface area contributed by atoms with Gasteiger partial charge in [-0.25, -0.2) is 8.78 Å². The minimum atomic E-state index is -0.440. The fourth-order valence-electron chi connectivity index (χ4n) is 1.91. The molecule has 0 amide bonds. The third-order valence-corrected chi connectivity index (χ3v) is 3.41. The van der Waals surface area contributed by atoms with Crippen LogP contribution in [0.15, 0.2) is 40.9 Å². The second kappa shape index (κ2) is 6.22. The molecule has 0 radical (unpaired) electrons. The SMILES string of the molecule is CN(C)c1ccc(Br)cc1NCc1cc(F)ccc1F. The van der Waals surface area contributed by atoms with Gasteiger partial charge < -0.3 is 10.2 Å². The molecule has 20 heavy (non-hydrogen) atoms. The molecule has 0 fully saturated rings. The van der Waals surface area contributed by atoms with E-state index >= 15 is 0 Å². The van der Waals surface area contributed by atoms with Crippen LogP contribution >= 0.6 is 15.9 Å². The quantitative estimate of drug-likeness (QED) is 0.886. The highest BCUT2D eigenvalue weighted by molar-refractivity contribution is 9.10. The molecule has 5 heteroatoms. The zero-order valence-corrected chi connectivity index (χ0v) is 12.8. The molecule has 0 aliphatic carbocycles. The van der Waals surface area contributed by atoms with Crippen molar-refractivity contribution in [3.05, 3.63) is 58.1 Å². The minimum absolute atomic E-state index is 0.223. The maximum atomic E-state index is 13.6. The van der Waals surface area contributed by atoms with E-state index in [4.69, 9.17) is 0 Å². The van der Waals surface area contributed by atoms with Gasteiger partial charge in [0.15, 0.2) is 0 Å². The maximum absolute atomic E-state index is 13.6. The number of rotatable bonds is 4. The Hall–Kier alpha value is -1.62. The lowest BCUT2D eigenvalue weighted by Gasteiger charge is -2.19. The van der Waals surface area contributed by atoms with E-state index in [1.165, 1.54) is 6.07 Å². The molecule has 0 saturated heterocycles. The first kappa shape index (κ1) is 14.8. The summed E-state index contributed by atoms with van der Waals surface area (Å²) >= 11 is 3.41. The normalized spacial score (nSPS) is 10.4. The lowest BCUT2D eigenvalue weighted by molar-refractivity contribution is 0.587. The fourth-order valence-corrected chi connectivity index (χ4v) is 2.27. The van der Waals surface area contributed by atoms with Gasteiger partial charge in [-0.3, -0.25) is 0 Å². The molecule has 2 aromatic rings. The molecule has 2 aromatic carbocycles. The molecule has 0 aliphatic rings. The van der Waals surface area contributed by atoms with Crippen molar-refractivity contribution in [2.45, 2.75) is 6.54 Å². The topological polar surface area (TPSA) is 15.3 Å². The van der Waals surface area contributed by atoms with Crippen molar-refractivity contribution in [1.82, 2.24) is 0 Å². The largest absolute Gasteiger partial charge is 0.379 e. The second-order valence-electron chi connectivity index (χ2n) is 4.65. The van der Waals surface area contributed by atoms with Crippen LogP contribution in [0.5, 0.6) is 0 Å². The Kier molecular flexibility index (Phi) is 4.60. The van der Waals surface area contributed by atoms with E-state index in [1.807, 2.05) is 37.2 Å². The van der Waals surface area contributed by atoms with E-state index < -0.39 is 11.6 Å². The van der Waals surface area contributed by atoms with Crippen LogP contribution in [-0.4, -0.2) is 14.1 Å². The van der Waals surface area contributed by atoms with E-state index in [1.54, 1.807) is 0 Å². The molecule has 0 atom stereocenters. The predicted molar refractivity (Wildman–Crippen MR) is 82.2 cm³/mol. The lowest BCUT2D eigenvalue weighted by Crippen LogP contribution is -2.12. The molecule has 2 nitrogen and oxygen atoms in total. The fraction of sp³-hybridized carbons (Fsp3) is 0.200. The van der Waals surface area contributed by atoms with Crippen LogP contribution in [0.2, 0.25) is 0 Å². The summed E-state index contributed by atoms with van der Waals surface area (Å²) in [5.41, 5.74) is 2.13. The first-order valence-electron chi connectivity index (χ1n) is 6.12. The van der Waals surface area contributed by atoms with Crippen molar-refractivity contribution in [2.24, 2.45) is 0 Å². The Morgan fingerprint density at radius 2 is 1.85 bits per heavy atom. The summed E-state index contributed by atoms with van der Waals surface area (Å²) in [4.78, 5) is 1.96. The number of hydrogen-bond donors (Lipinski definition) is 1. The van der Waals surface area contributed by atoms with Crippen molar-refractivity contribution in [2.75, 3.05) is 24.3 Å². The van der Waals surface area contributed by atoms with Crippen LogP contribution < -0.4 is 10.2 Å². The zero-order chi connectivity index (χ0) is 14.7. The third kappa shape index (κ3) is 3.48. The standard InChI is InChI=1S/C15H15BrF2N2/c1-20(2)15-6-3-11(16)8-14(15)19-9-10-7-12(17)4-5-13(10)18/h3-8,19H,9H2,1-2H3. The van der Waals surface area contributed by atoms with Crippen LogP contribution in [0.1, 0.15) is 5.56 Å². The van der Waals surface area contributed by atoms with Gasteiger partial charge in [0.2, 0.25) is 0 Å². The maximum Gasteiger partial charge on any atom is 0.128 e.